The first-order valence-electron chi connectivity index (χ1n) is 8.75. The van der Waals surface area contributed by atoms with Crippen molar-refractivity contribution in [3.63, 3.8) is 0 Å². The second-order valence-electron chi connectivity index (χ2n) is 6.07. The Kier molecular flexibility index (Phi) is 6.06. The van der Waals surface area contributed by atoms with Crippen LogP contribution in [0.4, 0.5) is 11.6 Å². The number of amides is 1. The smallest absolute Gasteiger partial charge is 0.274 e. The number of carbonyl (C=O) groups is 1. The molecule has 28 heavy (non-hydrogen) atoms. The summed E-state index contributed by atoms with van der Waals surface area (Å²) in [6.07, 6.45) is 1.55. The average molecular weight is 378 g/mol. The molecule has 0 fully saturated rings. The second-order valence-corrected chi connectivity index (χ2v) is 6.07. The molecule has 0 unspecified atom stereocenters. The highest BCUT2D eigenvalue weighted by Crippen LogP contribution is 2.29. The maximum absolute atomic E-state index is 12.5. The Balaban J connectivity index is 1.69. The monoisotopic (exact) mass is 378 g/mol. The van der Waals surface area contributed by atoms with Crippen molar-refractivity contribution in [1.82, 2.24) is 9.97 Å². The van der Waals surface area contributed by atoms with Crippen molar-refractivity contribution >= 4 is 17.5 Å². The van der Waals surface area contributed by atoms with Crippen LogP contribution in [-0.4, -0.2) is 30.1 Å². The fourth-order valence-electron chi connectivity index (χ4n) is 2.66. The first-order valence-corrected chi connectivity index (χ1v) is 8.75. The van der Waals surface area contributed by atoms with E-state index in [4.69, 9.17) is 9.47 Å². The van der Waals surface area contributed by atoms with Crippen molar-refractivity contribution in [1.29, 1.82) is 0 Å². The summed E-state index contributed by atoms with van der Waals surface area (Å²) in [5, 5.41) is 5.96. The Morgan fingerprint density at radius 3 is 2.57 bits per heavy atom. The molecule has 1 amide bonds. The van der Waals surface area contributed by atoms with Crippen molar-refractivity contribution in [2.45, 2.75) is 13.5 Å². The summed E-state index contributed by atoms with van der Waals surface area (Å²) in [7, 11) is 3.10. The van der Waals surface area contributed by atoms with Crippen molar-refractivity contribution in [2.24, 2.45) is 0 Å². The maximum Gasteiger partial charge on any atom is 0.274 e. The molecule has 0 radical (unpaired) electrons. The molecule has 0 spiro atoms. The lowest BCUT2D eigenvalue weighted by Gasteiger charge is -2.11. The largest absolute Gasteiger partial charge is 0.493 e. The third-order valence-electron chi connectivity index (χ3n) is 4.23. The quantitative estimate of drug-likeness (QED) is 0.653. The van der Waals surface area contributed by atoms with E-state index in [2.05, 4.69) is 20.6 Å². The lowest BCUT2D eigenvalue weighted by atomic mass is 10.1. The van der Waals surface area contributed by atoms with Gasteiger partial charge in [-0.05, 0) is 36.2 Å². The van der Waals surface area contributed by atoms with Crippen LogP contribution >= 0.6 is 0 Å². The normalized spacial score (nSPS) is 10.2. The molecule has 0 bridgehead atoms. The van der Waals surface area contributed by atoms with Crippen LogP contribution in [0.15, 0.2) is 54.7 Å². The first-order chi connectivity index (χ1) is 13.6. The molecule has 2 aromatic carbocycles. The van der Waals surface area contributed by atoms with Gasteiger partial charge in [0.1, 0.15) is 5.69 Å². The van der Waals surface area contributed by atoms with Gasteiger partial charge in [0.05, 0.1) is 14.2 Å². The first kappa shape index (κ1) is 19.2. The zero-order valence-corrected chi connectivity index (χ0v) is 16.0. The van der Waals surface area contributed by atoms with Gasteiger partial charge >= 0.3 is 0 Å². The van der Waals surface area contributed by atoms with Gasteiger partial charge in [-0.25, -0.2) is 9.97 Å². The molecule has 0 saturated heterocycles. The summed E-state index contributed by atoms with van der Waals surface area (Å²) >= 11 is 0. The minimum absolute atomic E-state index is 0.261. The number of nitrogens with one attached hydrogen (secondary N) is 2. The molecule has 0 atom stereocenters. The lowest BCUT2D eigenvalue weighted by Crippen LogP contribution is -2.15. The molecule has 7 nitrogen and oxygen atoms in total. The summed E-state index contributed by atoms with van der Waals surface area (Å²) in [5.41, 5.74) is 3.16. The van der Waals surface area contributed by atoms with Crippen LogP contribution in [0.3, 0.4) is 0 Å². The average Bonchev–Trinajstić information content (AvgIpc) is 2.73. The van der Waals surface area contributed by atoms with E-state index in [1.807, 2.05) is 31.2 Å². The standard InChI is InChI=1S/C21H22N4O3/c1-14-6-4-5-7-15(14)13-23-21-22-11-10-17(25-21)20(26)24-16-8-9-18(27-2)19(12-16)28-3/h4-12H,13H2,1-3H3,(H,24,26)(H,22,23,25). The van der Waals surface area contributed by atoms with Gasteiger partial charge in [-0.3, -0.25) is 4.79 Å². The van der Waals surface area contributed by atoms with E-state index in [1.54, 1.807) is 44.7 Å². The predicted octanol–water partition coefficient (Wildman–Crippen LogP) is 3.67. The van der Waals surface area contributed by atoms with Crippen molar-refractivity contribution in [2.75, 3.05) is 24.9 Å². The number of nitrogens with zero attached hydrogens (tertiary/aromatic N) is 2. The highest BCUT2D eigenvalue weighted by atomic mass is 16.5. The molecule has 1 heterocycles. The lowest BCUT2D eigenvalue weighted by molar-refractivity contribution is 0.102. The van der Waals surface area contributed by atoms with E-state index in [0.717, 1.165) is 5.56 Å². The van der Waals surface area contributed by atoms with E-state index in [9.17, 15) is 4.79 Å². The van der Waals surface area contributed by atoms with E-state index in [-0.39, 0.29) is 11.6 Å². The summed E-state index contributed by atoms with van der Waals surface area (Å²) < 4.78 is 10.5. The van der Waals surface area contributed by atoms with Crippen LogP contribution in [0.1, 0.15) is 21.6 Å². The number of rotatable bonds is 7. The number of carbonyl (C=O) groups excluding carboxylic acids is 1. The van der Waals surface area contributed by atoms with Gasteiger partial charge in [-0.2, -0.15) is 0 Å². The number of hydrogen-bond acceptors (Lipinski definition) is 6. The number of aryl methyl sites for hydroxylation is 1. The number of benzene rings is 2. The molecular weight excluding hydrogens is 356 g/mol. The molecule has 2 N–H and O–H groups in total. The van der Waals surface area contributed by atoms with E-state index in [0.29, 0.717) is 29.7 Å². The Morgan fingerprint density at radius 2 is 1.82 bits per heavy atom. The van der Waals surface area contributed by atoms with Gasteiger partial charge < -0.3 is 20.1 Å². The van der Waals surface area contributed by atoms with Crippen LogP contribution in [-0.2, 0) is 6.54 Å². The van der Waals surface area contributed by atoms with Crippen LogP contribution in [0.25, 0.3) is 0 Å². The molecule has 0 aliphatic rings. The third kappa shape index (κ3) is 4.56. The van der Waals surface area contributed by atoms with Gasteiger partial charge in [-0.15, -0.1) is 0 Å². The van der Waals surface area contributed by atoms with Gasteiger partial charge in [-0.1, -0.05) is 24.3 Å². The van der Waals surface area contributed by atoms with Gasteiger partial charge in [0.15, 0.2) is 11.5 Å². The van der Waals surface area contributed by atoms with Crippen LogP contribution in [0, 0.1) is 6.92 Å². The van der Waals surface area contributed by atoms with E-state index < -0.39 is 0 Å². The highest BCUT2D eigenvalue weighted by molar-refractivity contribution is 6.03. The minimum atomic E-state index is -0.339. The summed E-state index contributed by atoms with van der Waals surface area (Å²) in [5.74, 6) is 1.17. The number of aromatic nitrogens is 2. The van der Waals surface area contributed by atoms with Crippen molar-refractivity contribution in [3.05, 3.63) is 71.5 Å². The van der Waals surface area contributed by atoms with Crippen molar-refractivity contribution < 1.29 is 14.3 Å². The number of ether oxygens (including phenoxy) is 2. The van der Waals surface area contributed by atoms with E-state index >= 15 is 0 Å². The van der Waals surface area contributed by atoms with Gasteiger partial charge in [0, 0.05) is 24.5 Å². The fraction of sp³-hybridized carbons (Fsp3) is 0.190. The van der Waals surface area contributed by atoms with E-state index in [1.165, 1.54) is 5.56 Å². The van der Waals surface area contributed by atoms with Gasteiger partial charge in [0.2, 0.25) is 5.95 Å². The van der Waals surface area contributed by atoms with Crippen LogP contribution < -0.4 is 20.1 Å². The molecule has 0 aliphatic carbocycles. The number of hydrogen-bond donors (Lipinski definition) is 2. The molecule has 1 aromatic heterocycles. The van der Waals surface area contributed by atoms with Crippen LogP contribution in [0.5, 0.6) is 11.5 Å². The molecule has 3 rings (SSSR count). The molecule has 0 saturated carbocycles. The summed E-state index contributed by atoms with van der Waals surface area (Å²) in [6, 6.07) is 14.8. The molecule has 144 valence electrons. The highest BCUT2D eigenvalue weighted by Gasteiger charge is 2.11. The topological polar surface area (TPSA) is 85.4 Å². The Morgan fingerprint density at radius 1 is 1.04 bits per heavy atom. The zero-order chi connectivity index (χ0) is 19.9. The molecular formula is C21H22N4O3. The second kappa shape index (κ2) is 8.85. The Labute approximate surface area is 163 Å². The molecule has 7 heteroatoms. The summed E-state index contributed by atoms with van der Waals surface area (Å²) in [6.45, 7) is 2.62. The fourth-order valence-corrected chi connectivity index (χ4v) is 2.66. The molecule has 3 aromatic rings. The Bertz CT molecular complexity index is 975. The maximum atomic E-state index is 12.5. The number of anilines is 2. The summed E-state index contributed by atoms with van der Waals surface area (Å²) in [4.78, 5) is 21.0. The minimum Gasteiger partial charge on any atom is -0.493 e. The molecule has 0 aliphatic heterocycles. The number of methoxy groups -OCH3 is 2. The van der Waals surface area contributed by atoms with Crippen LogP contribution in [0.2, 0.25) is 0 Å². The van der Waals surface area contributed by atoms with Gasteiger partial charge in [0.25, 0.3) is 5.91 Å². The Hall–Kier alpha value is -3.61. The third-order valence-corrected chi connectivity index (χ3v) is 4.23. The zero-order valence-electron chi connectivity index (χ0n) is 16.0. The van der Waals surface area contributed by atoms with Crippen molar-refractivity contribution in [3.8, 4) is 11.5 Å². The predicted molar refractivity (Wildman–Crippen MR) is 108 cm³/mol. The SMILES string of the molecule is COc1ccc(NC(=O)c2ccnc(NCc3ccccc3C)n2)cc1OC.